The Balaban J connectivity index is 1.32. The molecule has 2 aliphatic carbocycles. The SMILES string of the molecule is CC1CC1c1ccc(CN(C(=O)NCC#Cc2cccc(C(F)(F)F)c2)C2CC2)o1. The van der Waals surface area contributed by atoms with Crippen molar-refractivity contribution >= 4 is 6.03 Å². The summed E-state index contributed by atoms with van der Waals surface area (Å²) in [6.45, 7) is 2.65. The van der Waals surface area contributed by atoms with Gasteiger partial charge in [-0.05, 0) is 55.5 Å². The van der Waals surface area contributed by atoms with Gasteiger partial charge in [0.15, 0.2) is 0 Å². The zero-order valence-corrected chi connectivity index (χ0v) is 16.6. The van der Waals surface area contributed by atoms with Crippen molar-refractivity contribution in [3.05, 3.63) is 59.0 Å². The monoisotopic (exact) mass is 416 g/mol. The summed E-state index contributed by atoms with van der Waals surface area (Å²) in [6.07, 6.45) is -1.35. The van der Waals surface area contributed by atoms with Crippen molar-refractivity contribution in [1.29, 1.82) is 0 Å². The lowest BCUT2D eigenvalue weighted by atomic mass is 10.1. The number of hydrogen-bond acceptors (Lipinski definition) is 2. The van der Waals surface area contributed by atoms with Gasteiger partial charge in [-0.3, -0.25) is 0 Å². The summed E-state index contributed by atoms with van der Waals surface area (Å²) in [6, 6.07) is 8.70. The van der Waals surface area contributed by atoms with E-state index in [0.717, 1.165) is 42.9 Å². The van der Waals surface area contributed by atoms with Crippen LogP contribution in [-0.2, 0) is 12.7 Å². The molecule has 2 amide bonds. The van der Waals surface area contributed by atoms with Gasteiger partial charge in [0.25, 0.3) is 0 Å². The topological polar surface area (TPSA) is 45.5 Å². The van der Waals surface area contributed by atoms with E-state index in [-0.39, 0.29) is 24.2 Å². The van der Waals surface area contributed by atoms with Crippen LogP contribution in [0.5, 0.6) is 0 Å². The Labute approximate surface area is 173 Å². The van der Waals surface area contributed by atoms with Crippen LogP contribution in [0.1, 0.15) is 54.8 Å². The van der Waals surface area contributed by atoms with Gasteiger partial charge in [-0.1, -0.05) is 24.8 Å². The predicted molar refractivity (Wildman–Crippen MR) is 106 cm³/mol. The minimum Gasteiger partial charge on any atom is -0.464 e. The summed E-state index contributed by atoms with van der Waals surface area (Å²) in [7, 11) is 0. The third-order valence-electron chi connectivity index (χ3n) is 5.48. The summed E-state index contributed by atoms with van der Waals surface area (Å²) < 4.78 is 44.2. The van der Waals surface area contributed by atoms with E-state index in [1.165, 1.54) is 12.1 Å². The molecule has 30 heavy (non-hydrogen) atoms. The third-order valence-corrected chi connectivity index (χ3v) is 5.48. The van der Waals surface area contributed by atoms with Crippen LogP contribution in [0.3, 0.4) is 0 Å². The largest absolute Gasteiger partial charge is 0.464 e. The van der Waals surface area contributed by atoms with E-state index in [1.807, 2.05) is 12.1 Å². The molecule has 0 spiro atoms. The van der Waals surface area contributed by atoms with Crippen LogP contribution in [0.25, 0.3) is 0 Å². The molecule has 1 aromatic heterocycles. The number of hydrogen-bond donors (Lipinski definition) is 1. The van der Waals surface area contributed by atoms with E-state index in [0.29, 0.717) is 18.4 Å². The first-order valence-electron chi connectivity index (χ1n) is 10.1. The Hall–Kier alpha value is -2.88. The molecule has 2 unspecified atom stereocenters. The summed E-state index contributed by atoms with van der Waals surface area (Å²) >= 11 is 0. The number of benzene rings is 1. The van der Waals surface area contributed by atoms with Gasteiger partial charge in [0, 0.05) is 17.5 Å². The molecule has 4 nitrogen and oxygen atoms in total. The van der Waals surface area contributed by atoms with E-state index >= 15 is 0 Å². The van der Waals surface area contributed by atoms with Gasteiger partial charge in [-0.2, -0.15) is 13.2 Å². The number of carbonyl (C=O) groups excluding carboxylic acids is 1. The van der Waals surface area contributed by atoms with Crippen LogP contribution in [0, 0.1) is 17.8 Å². The van der Waals surface area contributed by atoms with Crippen molar-refractivity contribution in [2.24, 2.45) is 5.92 Å². The van der Waals surface area contributed by atoms with Crippen LogP contribution in [0.2, 0.25) is 0 Å². The highest BCUT2D eigenvalue weighted by Gasteiger charge is 2.37. The molecule has 2 saturated carbocycles. The van der Waals surface area contributed by atoms with Gasteiger partial charge < -0.3 is 14.6 Å². The molecule has 2 fully saturated rings. The van der Waals surface area contributed by atoms with Crippen molar-refractivity contribution in [3.63, 3.8) is 0 Å². The normalized spacial score (nSPS) is 20.3. The number of alkyl halides is 3. The van der Waals surface area contributed by atoms with Gasteiger partial charge in [-0.25, -0.2) is 4.79 Å². The zero-order chi connectivity index (χ0) is 21.3. The number of nitrogens with one attached hydrogen (secondary N) is 1. The molecular formula is C23H23F3N2O2. The zero-order valence-electron chi connectivity index (χ0n) is 16.6. The maximum atomic E-state index is 12.8. The second-order valence-electron chi connectivity index (χ2n) is 8.02. The second kappa shape index (κ2) is 8.10. The molecule has 1 N–H and O–H groups in total. The highest BCUT2D eigenvalue weighted by molar-refractivity contribution is 5.75. The lowest BCUT2D eigenvalue weighted by Crippen LogP contribution is -2.41. The molecule has 1 aromatic carbocycles. The standard InChI is InChI=1S/C23H23F3N2O2/c1-15-12-20(15)21-10-9-19(30-21)14-28(18-7-8-18)22(29)27-11-3-5-16-4-2-6-17(13-16)23(24,25)26/h2,4,6,9-10,13,15,18,20H,7-8,11-12,14H2,1H3,(H,27,29). The van der Waals surface area contributed by atoms with Crippen LogP contribution >= 0.6 is 0 Å². The van der Waals surface area contributed by atoms with Crippen molar-refractivity contribution in [1.82, 2.24) is 10.2 Å². The lowest BCUT2D eigenvalue weighted by molar-refractivity contribution is -0.137. The summed E-state index contributed by atoms with van der Waals surface area (Å²) in [5, 5.41) is 2.74. The number of rotatable bonds is 5. The Kier molecular flexibility index (Phi) is 5.50. The quantitative estimate of drug-likeness (QED) is 0.686. The smallest absolute Gasteiger partial charge is 0.416 e. The van der Waals surface area contributed by atoms with E-state index < -0.39 is 11.7 Å². The summed E-state index contributed by atoms with van der Waals surface area (Å²) in [5.41, 5.74) is -0.479. The summed E-state index contributed by atoms with van der Waals surface area (Å²) in [5.74, 6) is 8.29. The van der Waals surface area contributed by atoms with Gasteiger partial charge in [-0.15, -0.1) is 0 Å². The summed E-state index contributed by atoms with van der Waals surface area (Å²) in [4.78, 5) is 14.3. The first-order valence-corrected chi connectivity index (χ1v) is 10.1. The highest BCUT2D eigenvalue weighted by Crippen LogP contribution is 2.47. The molecule has 4 rings (SSSR count). The van der Waals surface area contributed by atoms with Gasteiger partial charge >= 0.3 is 12.2 Å². The molecule has 0 aliphatic heterocycles. The number of carbonyl (C=O) groups is 1. The maximum Gasteiger partial charge on any atom is 0.416 e. The Morgan fingerprint density at radius 1 is 1.27 bits per heavy atom. The fourth-order valence-electron chi connectivity index (χ4n) is 3.46. The Morgan fingerprint density at radius 2 is 2.03 bits per heavy atom. The Morgan fingerprint density at radius 3 is 2.70 bits per heavy atom. The first-order chi connectivity index (χ1) is 14.3. The van der Waals surface area contributed by atoms with Gasteiger partial charge in [0.2, 0.25) is 0 Å². The van der Waals surface area contributed by atoms with E-state index in [1.54, 1.807) is 4.90 Å². The number of urea groups is 1. The molecule has 1 heterocycles. The van der Waals surface area contributed by atoms with E-state index in [9.17, 15) is 18.0 Å². The lowest BCUT2D eigenvalue weighted by Gasteiger charge is -2.21. The molecule has 0 saturated heterocycles. The minimum absolute atomic E-state index is 0.0568. The molecular weight excluding hydrogens is 393 g/mol. The van der Waals surface area contributed by atoms with Crippen LogP contribution < -0.4 is 5.32 Å². The first kappa shape index (κ1) is 20.4. The molecule has 0 bridgehead atoms. The number of halogens is 3. The van der Waals surface area contributed by atoms with Crippen LogP contribution in [0.15, 0.2) is 40.8 Å². The average Bonchev–Trinajstić information content (AvgIpc) is 3.62. The predicted octanol–water partition coefficient (Wildman–Crippen LogP) is 5.15. The molecule has 2 aliphatic rings. The van der Waals surface area contributed by atoms with E-state index in [2.05, 4.69) is 24.1 Å². The van der Waals surface area contributed by atoms with Crippen molar-refractivity contribution < 1.29 is 22.4 Å². The van der Waals surface area contributed by atoms with Crippen molar-refractivity contribution in [2.45, 2.75) is 50.9 Å². The minimum atomic E-state index is -4.40. The fourth-order valence-corrected chi connectivity index (χ4v) is 3.46. The van der Waals surface area contributed by atoms with Crippen molar-refractivity contribution in [2.75, 3.05) is 6.54 Å². The third kappa shape index (κ3) is 4.99. The number of amides is 2. The maximum absolute atomic E-state index is 12.8. The van der Waals surface area contributed by atoms with Crippen LogP contribution in [0.4, 0.5) is 18.0 Å². The fraction of sp³-hybridized carbons (Fsp3) is 0.435. The molecule has 7 heteroatoms. The molecule has 2 aromatic rings. The Bertz CT molecular complexity index is 982. The van der Waals surface area contributed by atoms with Gasteiger partial charge in [0.1, 0.15) is 11.5 Å². The molecule has 2 atom stereocenters. The average molecular weight is 416 g/mol. The van der Waals surface area contributed by atoms with Crippen LogP contribution in [-0.4, -0.2) is 23.5 Å². The van der Waals surface area contributed by atoms with E-state index in [4.69, 9.17) is 4.42 Å². The van der Waals surface area contributed by atoms with Gasteiger partial charge in [0.05, 0.1) is 18.7 Å². The number of furan rings is 1. The van der Waals surface area contributed by atoms with Crippen molar-refractivity contribution in [3.8, 4) is 11.8 Å². The molecule has 158 valence electrons. The second-order valence-corrected chi connectivity index (χ2v) is 8.02. The molecule has 0 radical (unpaired) electrons. The highest BCUT2D eigenvalue weighted by atomic mass is 19.4. The number of nitrogens with zero attached hydrogens (tertiary/aromatic N) is 1.